The van der Waals surface area contributed by atoms with Crippen LogP contribution < -0.4 is 5.73 Å². The van der Waals surface area contributed by atoms with E-state index in [1.54, 1.807) is 0 Å². The highest BCUT2D eigenvalue weighted by molar-refractivity contribution is 5.60. The monoisotopic (exact) mass is 280 g/mol. The number of nitrogens with two attached hydrogens (primary N) is 1. The van der Waals surface area contributed by atoms with Crippen LogP contribution in [0.4, 0.5) is 0 Å². The van der Waals surface area contributed by atoms with Crippen LogP contribution in [0.1, 0.15) is 71.1 Å². The Morgan fingerprint density at radius 3 is 2.80 bits per heavy atom. The van der Waals surface area contributed by atoms with Crippen molar-refractivity contribution in [3.8, 4) is 0 Å². The van der Waals surface area contributed by atoms with Crippen LogP contribution in [0.3, 0.4) is 0 Å². The van der Waals surface area contributed by atoms with Gasteiger partial charge in [0, 0.05) is 12.6 Å². The van der Waals surface area contributed by atoms with E-state index in [2.05, 4.69) is 18.2 Å². The standard InChI is InChI=1S/C17H32N2O/c1-2-3-4-5-6-7-14-20-19-13-12-16-8-10-17(15-18)11-9-16/h8,13,17H,2-7,9-12,14-15,18H2,1H3/b19-13+. The zero-order valence-corrected chi connectivity index (χ0v) is 13.2. The van der Waals surface area contributed by atoms with Crippen molar-refractivity contribution in [1.29, 1.82) is 0 Å². The summed E-state index contributed by atoms with van der Waals surface area (Å²) in [7, 11) is 0. The van der Waals surface area contributed by atoms with Gasteiger partial charge in [0.25, 0.3) is 0 Å². The topological polar surface area (TPSA) is 47.6 Å². The van der Waals surface area contributed by atoms with Crippen molar-refractivity contribution in [3.05, 3.63) is 11.6 Å². The first-order chi connectivity index (χ1) is 9.86. The Morgan fingerprint density at radius 1 is 1.30 bits per heavy atom. The summed E-state index contributed by atoms with van der Waals surface area (Å²) in [4.78, 5) is 5.30. The Morgan fingerprint density at radius 2 is 2.10 bits per heavy atom. The molecule has 3 nitrogen and oxygen atoms in total. The zero-order valence-electron chi connectivity index (χ0n) is 13.2. The first-order valence-electron chi connectivity index (χ1n) is 8.38. The predicted octanol–water partition coefficient (Wildman–Crippen LogP) is 4.42. The van der Waals surface area contributed by atoms with Crippen LogP contribution in [0.2, 0.25) is 0 Å². The molecule has 0 saturated carbocycles. The van der Waals surface area contributed by atoms with Crippen LogP contribution in [-0.2, 0) is 4.84 Å². The molecular weight excluding hydrogens is 248 g/mol. The summed E-state index contributed by atoms with van der Waals surface area (Å²) in [6.45, 7) is 3.83. The second-order valence-electron chi connectivity index (χ2n) is 5.83. The maximum Gasteiger partial charge on any atom is 0.117 e. The van der Waals surface area contributed by atoms with E-state index in [1.165, 1.54) is 50.5 Å². The SMILES string of the molecule is CCCCCCCCO/N=C/CC1=CCC(CN)CC1. The third-order valence-electron chi connectivity index (χ3n) is 4.04. The number of allylic oxidation sites excluding steroid dienone is 2. The lowest BCUT2D eigenvalue weighted by molar-refractivity contribution is 0.140. The quantitative estimate of drug-likeness (QED) is 0.263. The van der Waals surface area contributed by atoms with E-state index in [9.17, 15) is 0 Å². The fraction of sp³-hybridized carbons (Fsp3) is 0.824. The molecule has 116 valence electrons. The van der Waals surface area contributed by atoms with E-state index in [0.717, 1.165) is 32.4 Å². The fourth-order valence-electron chi connectivity index (χ4n) is 2.55. The van der Waals surface area contributed by atoms with Crippen molar-refractivity contribution in [3.63, 3.8) is 0 Å². The van der Waals surface area contributed by atoms with Crippen LogP contribution in [-0.4, -0.2) is 19.4 Å². The Labute approximate surface area is 124 Å². The van der Waals surface area contributed by atoms with Crippen LogP contribution >= 0.6 is 0 Å². The minimum absolute atomic E-state index is 0.694. The molecule has 2 N–H and O–H groups in total. The molecule has 0 aromatic heterocycles. The van der Waals surface area contributed by atoms with Crippen LogP contribution in [0.25, 0.3) is 0 Å². The van der Waals surface area contributed by atoms with Gasteiger partial charge in [-0.15, -0.1) is 0 Å². The molecule has 0 heterocycles. The Hall–Kier alpha value is -0.830. The number of unbranched alkanes of at least 4 members (excludes halogenated alkanes) is 5. The van der Waals surface area contributed by atoms with Crippen LogP contribution in [0, 0.1) is 5.92 Å². The summed E-state index contributed by atoms with van der Waals surface area (Å²) in [6, 6.07) is 0. The molecule has 20 heavy (non-hydrogen) atoms. The minimum Gasteiger partial charge on any atom is -0.396 e. The maximum absolute atomic E-state index is 5.68. The maximum atomic E-state index is 5.68. The molecule has 1 unspecified atom stereocenters. The predicted molar refractivity (Wildman–Crippen MR) is 86.9 cm³/mol. The molecule has 3 heteroatoms. The number of nitrogens with zero attached hydrogens (tertiary/aromatic N) is 1. The summed E-state index contributed by atoms with van der Waals surface area (Å²) in [5.41, 5.74) is 7.17. The van der Waals surface area contributed by atoms with Gasteiger partial charge >= 0.3 is 0 Å². The number of rotatable bonds is 11. The molecule has 0 aromatic rings. The summed E-state index contributed by atoms with van der Waals surface area (Å²) in [5.74, 6) is 0.694. The van der Waals surface area contributed by atoms with E-state index in [-0.39, 0.29) is 0 Å². The molecule has 0 saturated heterocycles. The van der Waals surface area contributed by atoms with Crippen molar-refractivity contribution in [2.45, 2.75) is 71.1 Å². The third kappa shape index (κ3) is 8.36. The van der Waals surface area contributed by atoms with Crippen molar-refractivity contribution in [2.75, 3.05) is 13.2 Å². The van der Waals surface area contributed by atoms with E-state index in [4.69, 9.17) is 10.6 Å². The Kier molecular flexibility index (Phi) is 10.3. The molecular formula is C17H32N2O. The highest BCUT2D eigenvalue weighted by Crippen LogP contribution is 2.23. The van der Waals surface area contributed by atoms with Crippen LogP contribution in [0.15, 0.2) is 16.8 Å². The first kappa shape index (κ1) is 17.2. The van der Waals surface area contributed by atoms with Gasteiger partial charge in [-0.1, -0.05) is 49.4 Å². The van der Waals surface area contributed by atoms with Crippen molar-refractivity contribution in [2.24, 2.45) is 16.8 Å². The summed E-state index contributed by atoms with van der Waals surface area (Å²) >= 11 is 0. The fourth-order valence-corrected chi connectivity index (χ4v) is 2.55. The molecule has 0 aromatic carbocycles. The van der Waals surface area contributed by atoms with Gasteiger partial charge in [0.2, 0.25) is 0 Å². The second-order valence-corrected chi connectivity index (χ2v) is 5.83. The number of hydrogen-bond donors (Lipinski definition) is 1. The lowest BCUT2D eigenvalue weighted by atomic mass is 9.89. The van der Waals surface area contributed by atoms with Gasteiger partial charge in [0.05, 0.1) is 0 Å². The molecule has 0 amide bonds. The normalized spacial score (nSPS) is 19.3. The van der Waals surface area contributed by atoms with E-state index in [1.807, 2.05) is 6.21 Å². The van der Waals surface area contributed by atoms with Gasteiger partial charge in [-0.25, -0.2) is 0 Å². The number of oxime groups is 1. The highest BCUT2D eigenvalue weighted by Gasteiger charge is 2.11. The first-order valence-corrected chi connectivity index (χ1v) is 8.38. The smallest absolute Gasteiger partial charge is 0.117 e. The lowest BCUT2D eigenvalue weighted by Crippen LogP contribution is -2.16. The Balaban J connectivity index is 1.93. The molecule has 1 aliphatic rings. The average Bonchev–Trinajstić information content (AvgIpc) is 2.50. The molecule has 0 aliphatic heterocycles. The van der Waals surface area contributed by atoms with E-state index < -0.39 is 0 Å². The van der Waals surface area contributed by atoms with Gasteiger partial charge in [0.15, 0.2) is 0 Å². The van der Waals surface area contributed by atoms with Gasteiger partial charge in [-0.2, -0.15) is 0 Å². The van der Waals surface area contributed by atoms with Gasteiger partial charge < -0.3 is 10.6 Å². The summed E-state index contributed by atoms with van der Waals surface area (Å²) < 4.78 is 0. The van der Waals surface area contributed by atoms with E-state index in [0.29, 0.717) is 5.92 Å². The molecule has 0 fully saturated rings. The summed E-state index contributed by atoms with van der Waals surface area (Å²) in [5, 5.41) is 4.05. The molecule has 1 rings (SSSR count). The summed E-state index contributed by atoms with van der Waals surface area (Å²) in [6.07, 6.45) is 16.5. The van der Waals surface area contributed by atoms with Crippen LogP contribution in [0.5, 0.6) is 0 Å². The third-order valence-corrected chi connectivity index (χ3v) is 4.04. The molecule has 1 aliphatic carbocycles. The van der Waals surface area contributed by atoms with E-state index >= 15 is 0 Å². The minimum atomic E-state index is 0.694. The molecule has 0 spiro atoms. The largest absolute Gasteiger partial charge is 0.396 e. The van der Waals surface area contributed by atoms with Crippen molar-refractivity contribution >= 4 is 6.21 Å². The molecule has 0 radical (unpaired) electrons. The van der Waals surface area contributed by atoms with Gasteiger partial charge in [-0.3, -0.25) is 0 Å². The van der Waals surface area contributed by atoms with Gasteiger partial charge in [-0.05, 0) is 44.6 Å². The average molecular weight is 280 g/mol. The number of hydrogen-bond acceptors (Lipinski definition) is 3. The molecule has 0 bridgehead atoms. The lowest BCUT2D eigenvalue weighted by Gasteiger charge is -2.19. The van der Waals surface area contributed by atoms with Crippen molar-refractivity contribution in [1.82, 2.24) is 0 Å². The Bertz CT molecular complexity index is 287. The van der Waals surface area contributed by atoms with Gasteiger partial charge in [0.1, 0.15) is 6.61 Å². The van der Waals surface area contributed by atoms with Crippen molar-refractivity contribution < 1.29 is 4.84 Å². The zero-order chi connectivity index (χ0) is 14.5. The highest BCUT2D eigenvalue weighted by atomic mass is 16.6. The second kappa shape index (κ2) is 12.0. The molecule has 1 atom stereocenters.